The molecule has 1 unspecified atom stereocenters. The Bertz CT molecular complexity index is 285. The molecule has 0 aromatic heterocycles. The van der Waals surface area contributed by atoms with Crippen LogP contribution < -0.4 is 0 Å². The van der Waals surface area contributed by atoms with Crippen LogP contribution in [-0.4, -0.2) is 36.4 Å². The van der Waals surface area contributed by atoms with Crippen LogP contribution in [0, 0.1) is 0 Å². The number of aliphatic hydroxyl groups excluding tert-OH is 1. The number of hydrogen-bond donors (Lipinski definition) is 1. The molecule has 0 saturated heterocycles. The zero-order valence-corrected chi connectivity index (χ0v) is 11.1. The van der Waals surface area contributed by atoms with Gasteiger partial charge in [-0.2, -0.15) is 0 Å². The van der Waals surface area contributed by atoms with Crippen molar-refractivity contribution < 1.29 is 24.2 Å². The average molecular weight is 258 g/mol. The van der Waals surface area contributed by atoms with Crippen molar-refractivity contribution in [3.8, 4) is 0 Å². The summed E-state index contributed by atoms with van der Waals surface area (Å²) >= 11 is 0. The fraction of sp³-hybridized carbons (Fsp3) is 0.692. The molecule has 0 aromatic carbocycles. The molecule has 0 aromatic rings. The van der Waals surface area contributed by atoms with E-state index in [9.17, 15) is 14.7 Å². The van der Waals surface area contributed by atoms with Crippen LogP contribution in [0.3, 0.4) is 0 Å². The van der Waals surface area contributed by atoms with Gasteiger partial charge in [0, 0.05) is 0 Å². The van der Waals surface area contributed by atoms with Gasteiger partial charge >= 0.3 is 11.9 Å². The SMILES string of the molecule is C=C(C(=O)OCC)C(O)C(=O)OCCCCCC. The zero-order valence-electron chi connectivity index (χ0n) is 11.1. The van der Waals surface area contributed by atoms with Gasteiger partial charge in [0.2, 0.25) is 0 Å². The minimum atomic E-state index is -1.64. The van der Waals surface area contributed by atoms with Gasteiger partial charge in [0.15, 0.2) is 6.10 Å². The van der Waals surface area contributed by atoms with Crippen LogP contribution in [0.1, 0.15) is 39.5 Å². The summed E-state index contributed by atoms with van der Waals surface area (Å²) in [5, 5.41) is 9.51. The Labute approximate surface area is 108 Å². The maximum absolute atomic E-state index is 11.4. The quantitative estimate of drug-likeness (QED) is 0.386. The molecule has 0 aliphatic rings. The number of hydrogen-bond acceptors (Lipinski definition) is 5. The molecule has 0 spiro atoms. The van der Waals surface area contributed by atoms with Gasteiger partial charge in [-0.3, -0.25) is 0 Å². The average Bonchev–Trinajstić information content (AvgIpc) is 2.36. The Morgan fingerprint density at radius 2 is 1.83 bits per heavy atom. The van der Waals surface area contributed by atoms with E-state index in [2.05, 4.69) is 18.2 Å². The smallest absolute Gasteiger partial charge is 0.339 e. The molecule has 0 fully saturated rings. The lowest BCUT2D eigenvalue weighted by Gasteiger charge is -2.12. The van der Waals surface area contributed by atoms with Crippen molar-refractivity contribution >= 4 is 11.9 Å². The summed E-state index contributed by atoms with van der Waals surface area (Å²) < 4.78 is 9.47. The molecule has 5 heteroatoms. The molecule has 0 amide bonds. The topological polar surface area (TPSA) is 72.8 Å². The number of unbranched alkanes of at least 4 members (excludes halogenated alkanes) is 3. The highest BCUT2D eigenvalue weighted by molar-refractivity contribution is 5.96. The van der Waals surface area contributed by atoms with E-state index < -0.39 is 18.0 Å². The summed E-state index contributed by atoms with van der Waals surface area (Å²) in [5.74, 6) is -1.64. The second kappa shape index (κ2) is 9.65. The first-order chi connectivity index (χ1) is 8.54. The van der Waals surface area contributed by atoms with Gasteiger partial charge in [-0.05, 0) is 13.3 Å². The standard InChI is InChI=1S/C13H22O5/c1-4-6-7-8-9-18-13(16)11(14)10(3)12(15)17-5-2/h11,14H,3-9H2,1-2H3. The third kappa shape index (κ3) is 6.39. The van der Waals surface area contributed by atoms with Gasteiger partial charge < -0.3 is 14.6 Å². The Kier molecular flexibility index (Phi) is 8.92. The van der Waals surface area contributed by atoms with Crippen molar-refractivity contribution in [1.82, 2.24) is 0 Å². The number of carbonyl (C=O) groups excluding carboxylic acids is 2. The van der Waals surface area contributed by atoms with E-state index in [4.69, 9.17) is 4.74 Å². The fourth-order valence-electron chi connectivity index (χ4n) is 1.26. The minimum absolute atomic E-state index is 0.163. The van der Waals surface area contributed by atoms with E-state index in [1.807, 2.05) is 0 Å². The highest BCUT2D eigenvalue weighted by Gasteiger charge is 2.25. The summed E-state index contributed by atoms with van der Waals surface area (Å²) in [5.41, 5.74) is -0.296. The maximum Gasteiger partial charge on any atom is 0.339 e. The number of rotatable bonds is 9. The Morgan fingerprint density at radius 1 is 1.17 bits per heavy atom. The maximum atomic E-state index is 11.4. The molecule has 0 bridgehead atoms. The Balaban J connectivity index is 3.95. The molecule has 0 aliphatic heterocycles. The van der Waals surface area contributed by atoms with Crippen molar-refractivity contribution in [2.24, 2.45) is 0 Å². The van der Waals surface area contributed by atoms with Crippen LogP contribution in [0.15, 0.2) is 12.2 Å². The molecule has 104 valence electrons. The van der Waals surface area contributed by atoms with Gasteiger partial charge in [-0.1, -0.05) is 32.8 Å². The first-order valence-corrected chi connectivity index (χ1v) is 6.25. The van der Waals surface area contributed by atoms with E-state index >= 15 is 0 Å². The van der Waals surface area contributed by atoms with E-state index in [0.29, 0.717) is 0 Å². The van der Waals surface area contributed by atoms with Crippen LogP contribution in [-0.2, 0) is 19.1 Å². The summed E-state index contributed by atoms with van der Waals surface area (Å²) in [6, 6.07) is 0. The second-order valence-electron chi connectivity index (χ2n) is 3.88. The third-order valence-electron chi connectivity index (χ3n) is 2.33. The van der Waals surface area contributed by atoms with Crippen molar-refractivity contribution in [3.05, 3.63) is 12.2 Å². The van der Waals surface area contributed by atoms with E-state index in [1.165, 1.54) is 0 Å². The molecule has 0 heterocycles. The van der Waals surface area contributed by atoms with Gasteiger partial charge in [0.1, 0.15) is 0 Å². The normalized spacial score (nSPS) is 11.7. The van der Waals surface area contributed by atoms with Crippen molar-refractivity contribution in [1.29, 1.82) is 0 Å². The third-order valence-corrected chi connectivity index (χ3v) is 2.33. The van der Waals surface area contributed by atoms with Gasteiger partial charge in [-0.15, -0.1) is 0 Å². The lowest BCUT2D eigenvalue weighted by Crippen LogP contribution is -2.29. The summed E-state index contributed by atoms with van der Waals surface area (Å²) in [6.45, 7) is 7.44. The summed E-state index contributed by atoms with van der Waals surface area (Å²) in [7, 11) is 0. The minimum Gasteiger partial charge on any atom is -0.464 e. The fourth-order valence-corrected chi connectivity index (χ4v) is 1.26. The molecule has 0 rings (SSSR count). The summed E-state index contributed by atoms with van der Waals surface area (Å²) in [6.07, 6.45) is 2.25. The molecule has 5 nitrogen and oxygen atoms in total. The number of carbonyl (C=O) groups is 2. The highest BCUT2D eigenvalue weighted by atomic mass is 16.6. The van der Waals surface area contributed by atoms with Crippen LogP contribution in [0.5, 0.6) is 0 Å². The highest BCUT2D eigenvalue weighted by Crippen LogP contribution is 2.06. The number of ether oxygens (including phenoxy) is 2. The zero-order chi connectivity index (χ0) is 14.0. The van der Waals surface area contributed by atoms with Crippen molar-refractivity contribution in [3.63, 3.8) is 0 Å². The monoisotopic (exact) mass is 258 g/mol. The molecule has 0 radical (unpaired) electrons. The van der Waals surface area contributed by atoms with Crippen LogP contribution in [0.25, 0.3) is 0 Å². The van der Waals surface area contributed by atoms with Crippen LogP contribution in [0.2, 0.25) is 0 Å². The number of aliphatic hydroxyl groups is 1. The number of esters is 2. The second-order valence-corrected chi connectivity index (χ2v) is 3.88. The predicted octanol–water partition coefficient (Wildman–Crippen LogP) is 1.59. The van der Waals surface area contributed by atoms with E-state index in [0.717, 1.165) is 25.7 Å². The molecule has 1 N–H and O–H groups in total. The van der Waals surface area contributed by atoms with Crippen LogP contribution >= 0.6 is 0 Å². The molecule has 0 aliphatic carbocycles. The first-order valence-electron chi connectivity index (χ1n) is 6.25. The van der Waals surface area contributed by atoms with Crippen molar-refractivity contribution in [2.75, 3.05) is 13.2 Å². The predicted molar refractivity (Wildman–Crippen MR) is 66.9 cm³/mol. The van der Waals surface area contributed by atoms with Crippen molar-refractivity contribution in [2.45, 2.75) is 45.6 Å². The van der Waals surface area contributed by atoms with E-state index in [1.54, 1.807) is 6.92 Å². The van der Waals surface area contributed by atoms with Gasteiger partial charge in [0.25, 0.3) is 0 Å². The lowest BCUT2D eigenvalue weighted by atomic mass is 10.2. The largest absolute Gasteiger partial charge is 0.464 e. The molecule has 0 saturated carbocycles. The molecule has 18 heavy (non-hydrogen) atoms. The Hall–Kier alpha value is -1.36. The van der Waals surface area contributed by atoms with Gasteiger partial charge in [-0.25, -0.2) is 9.59 Å². The first kappa shape index (κ1) is 16.6. The summed E-state index contributed by atoms with van der Waals surface area (Å²) in [4.78, 5) is 22.6. The Morgan fingerprint density at radius 3 is 2.39 bits per heavy atom. The van der Waals surface area contributed by atoms with E-state index in [-0.39, 0.29) is 18.8 Å². The van der Waals surface area contributed by atoms with Gasteiger partial charge in [0.05, 0.1) is 18.8 Å². The lowest BCUT2D eigenvalue weighted by molar-refractivity contribution is -0.154. The van der Waals surface area contributed by atoms with Crippen LogP contribution in [0.4, 0.5) is 0 Å². The molecular formula is C13H22O5. The molecule has 1 atom stereocenters. The molecular weight excluding hydrogens is 236 g/mol.